The zero-order chi connectivity index (χ0) is 20.6. The minimum absolute atomic E-state index is 0.198. The molecule has 4 nitrogen and oxygen atoms in total. The molecule has 2 aromatic carbocycles. The van der Waals surface area contributed by atoms with Crippen LogP contribution in [0.3, 0.4) is 0 Å². The summed E-state index contributed by atoms with van der Waals surface area (Å²) < 4.78 is 19.2. The number of rotatable bonds is 3. The Bertz CT molecular complexity index is 1310. The van der Waals surface area contributed by atoms with E-state index in [9.17, 15) is 4.39 Å². The maximum atomic E-state index is 14.8. The Labute approximate surface area is 175 Å². The summed E-state index contributed by atoms with van der Waals surface area (Å²) in [7, 11) is 4.13. The molecule has 1 aliphatic heterocycles. The number of aryl methyl sites for hydroxylation is 2. The van der Waals surface area contributed by atoms with Crippen molar-refractivity contribution in [3.05, 3.63) is 52.8 Å². The van der Waals surface area contributed by atoms with E-state index in [1.165, 1.54) is 34.9 Å². The maximum Gasteiger partial charge on any atom is 0.157 e. The van der Waals surface area contributed by atoms with E-state index in [-0.39, 0.29) is 5.82 Å². The molecule has 6 rings (SSSR count). The van der Waals surface area contributed by atoms with E-state index in [1.807, 2.05) is 24.6 Å². The van der Waals surface area contributed by atoms with Crippen molar-refractivity contribution in [1.82, 2.24) is 19.0 Å². The Hall–Kier alpha value is -2.66. The number of halogens is 1. The first-order valence-electron chi connectivity index (χ1n) is 10.9. The topological polar surface area (TPSA) is 26.0 Å². The van der Waals surface area contributed by atoms with Crippen LogP contribution in [0.15, 0.2) is 30.3 Å². The van der Waals surface area contributed by atoms with Gasteiger partial charge in [-0.1, -0.05) is 12.1 Å². The van der Waals surface area contributed by atoms with Crippen LogP contribution in [0, 0.1) is 18.7 Å². The van der Waals surface area contributed by atoms with Gasteiger partial charge in [-0.25, -0.2) is 9.37 Å². The fourth-order valence-corrected chi connectivity index (χ4v) is 5.17. The van der Waals surface area contributed by atoms with Gasteiger partial charge in [0.05, 0.1) is 16.7 Å². The van der Waals surface area contributed by atoms with Crippen LogP contribution in [0.2, 0.25) is 0 Å². The molecule has 0 unspecified atom stereocenters. The van der Waals surface area contributed by atoms with Crippen molar-refractivity contribution < 1.29 is 4.39 Å². The van der Waals surface area contributed by atoms with Gasteiger partial charge in [-0.15, -0.1) is 0 Å². The molecule has 2 aliphatic rings. The van der Waals surface area contributed by atoms with E-state index >= 15 is 0 Å². The Morgan fingerprint density at radius 1 is 1.10 bits per heavy atom. The highest BCUT2D eigenvalue weighted by Gasteiger charge is 2.28. The predicted molar refractivity (Wildman–Crippen MR) is 119 cm³/mol. The van der Waals surface area contributed by atoms with Gasteiger partial charge in [0, 0.05) is 32.1 Å². The van der Waals surface area contributed by atoms with Gasteiger partial charge in [0.15, 0.2) is 5.82 Å². The molecule has 0 radical (unpaired) electrons. The van der Waals surface area contributed by atoms with Crippen molar-refractivity contribution >= 4 is 21.9 Å². The lowest BCUT2D eigenvalue weighted by Crippen LogP contribution is -2.27. The standard InChI is InChI=1S/C25H27FN4/c1-15-10-20(26)24-21(11-15)27-25(29(24)3)22-12-17-6-7-18-14-28(2)9-8-19(18)23(17)30(22)13-16-4-5-16/h6-7,10-12,16H,4-5,8-9,13-14H2,1-3H3. The third-order valence-corrected chi connectivity index (χ3v) is 6.88. The van der Waals surface area contributed by atoms with Crippen LogP contribution in [0.25, 0.3) is 33.5 Å². The quantitative estimate of drug-likeness (QED) is 0.480. The van der Waals surface area contributed by atoms with Gasteiger partial charge in [-0.2, -0.15) is 0 Å². The van der Waals surface area contributed by atoms with Crippen molar-refractivity contribution in [2.75, 3.05) is 13.6 Å². The van der Waals surface area contributed by atoms with Crippen molar-refractivity contribution in [3.63, 3.8) is 0 Å². The van der Waals surface area contributed by atoms with Gasteiger partial charge >= 0.3 is 0 Å². The first-order chi connectivity index (χ1) is 14.5. The average molecular weight is 403 g/mol. The van der Waals surface area contributed by atoms with Gasteiger partial charge in [0.25, 0.3) is 0 Å². The van der Waals surface area contributed by atoms with Gasteiger partial charge < -0.3 is 14.0 Å². The summed E-state index contributed by atoms with van der Waals surface area (Å²) in [5.41, 5.74) is 7.62. The SMILES string of the molecule is Cc1cc(F)c2c(c1)nc(-c1cc3ccc4c(c3n1CC1CC1)CCN(C)C4)n2C. The second-order valence-corrected chi connectivity index (χ2v) is 9.32. The van der Waals surface area contributed by atoms with E-state index in [2.05, 4.69) is 34.7 Å². The molecule has 30 heavy (non-hydrogen) atoms. The lowest BCUT2D eigenvalue weighted by molar-refractivity contribution is 0.313. The van der Waals surface area contributed by atoms with Crippen molar-refractivity contribution in [2.45, 2.75) is 39.3 Å². The lowest BCUT2D eigenvalue weighted by Gasteiger charge is -2.26. The van der Waals surface area contributed by atoms with Crippen LogP contribution in [0.4, 0.5) is 4.39 Å². The molecule has 154 valence electrons. The summed E-state index contributed by atoms with van der Waals surface area (Å²) in [6, 6.07) is 10.4. The van der Waals surface area contributed by atoms with E-state index in [1.54, 1.807) is 6.07 Å². The molecule has 1 saturated carbocycles. The number of nitrogens with zero attached hydrogens (tertiary/aromatic N) is 4. The second kappa shape index (κ2) is 6.42. The highest BCUT2D eigenvalue weighted by Crippen LogP contribution is 2.39. The minimum atomic E-state index is -0.198. The first-order valence-corrected chi connectivity index (χ1v) is 10.9. The number of aromatic nitrogens is 3. The Balaban J connectivity index is 1.62. The van der Waals surface area contributed by atoms with Crippen LogP contribution in [-0.2, 0) is 26.6 Å². The molecule has 0 N–H and O–H groups in total. The lowest BCUT2D eigenvalue weighted by atomic mass is 9.97. The third kappa shape index (κ3) is 2.72. The summed E-state index contributed by atoms with van der Waals surface area (Å²) in [6.07, 6.45) is 3.67. The van der Waals surface area contributed by atoms with Gasteiger partial charge in [0.2, 0.25) is 0 Å². The molecule has 2 aromatic heterocycles. The second-order valence-electron chi connectivity index (χ2n) is 9.32. The number of hydrogen-bond acceptors (Lipinski definition) is 2. The fourth-order valence-electron chi connectivity index (χ4n) is 5.17. The Morgan fingerprint density at radius 3 is 2.73 bits per heavy atom. The molecule has 1 fully saturated rings. The average Bonchev–Trinajstić information content (AvgIpc) is 3.36. The third-order valence-electron chi connectivity index (χ3n) is 6.88. The van der Waals surface area contributed by atoms with Crippen LogP contribution in [0.5, 0.6) is 0 Å². The number of imidazole rings is 1. The number of likely N-dealkylation sites (N-methyl/N-ethyl adjacent to an activating group) is 1. The van der Waals surface area contributed by atoms with Crippen LogP contribution < -0.4 is 0 Å². The molecule has 0 saturated heterocycles. The smallest absolute Gasteiger partial charge is 0.157 e. The summed E-state index contributed by atoms with van der Waals surface area (Å²) in [4.78, 5) is 7.29. The van der Waals surface area contributed by atoms with Gasteiger partial charge in [0.1, 0.15) is 11.3 Å². The largest absolute Gasteiger partial charge is 0.337 e. The predicted octanol–water partition coefficient (Wildman–Crippen LogP) is 5.04. The zero-order valence-corrected chi connectivity index (χ0v) is 17.9. The molecule has 0 amide bonds. The molecule has 1 aliphatic carbocycles. The molecule has 0 bridgehead atoms. The highest BCUT2D eigenvalue weighted by atomic mass is 19.1. The monoisotopic (exact) mass is 402 g/mol. The summed E-state index contributed by atoms with van der Waals surface area (Å²) >= 11 is 0. The van der Waals surface area contributed by atoms with E-state index in [0.29, 0.717) is 5.52 Å². The van der Waals surface area contributed by atoms with E-state index in [4.69, 9.17) is 4.98 Å². The van der Waals surface area contributed by atoms with Gasteiger partial charge in [-0.3, -0.25) is 0 Å². The number of fused-ring (bicyclic) bond motifs is 4. The summed E-state index contributed by atoms with van der Waals surface area (Å²) in [6.45, 7) is 5.04. The van der Waals surface area contributed by atoms with Gasteiger partial charge in [-0.05, 0) is 74.0 Å². The molecular weight excluding hydrogens is 375 g/mol. The van der Waals surface area contributed by atoms with Crippen LogP contribution in [-0.4, -0.2) is 32.6 Å². The van der Waals surface area contributed by atoms with Crippen LogP contribution in [0.1, 0.15) is 29.5 Å². The van der Waals surface area contributed by atoms with E-state index < -0.39 is 0 Å². The van der Waals surface area contributed by atoms with Crippen molar-refractivity contribution in [2.24, 2.45) is 13.0 Å². The minimum Gasteiger partial charge on any atom is -0.337 e. The summed E-state index contributed by atoms with van der Waals surface area (Å²) in [5, 5.41) is 1.28. The highest BCUT2D eigenvalue weighted by molar-refractivity contribution is 5.91. The number of benzene rings is 2. The molecule has 0 atom stereocenters. The zero-order valence-electron chi connectivity index (χ0n) is 17.9. The number of hydrogen-bond donors (Lipinski definition) is 0. The van der Waals surface area contributed by atoms with Crippen molar-refractivity contribution in [3.8, 4) is 11.5 Å². The van der Waals surface area contributed by atoms with E-state index in [0.717, 1.165) is 54.6 Å². The molecule has 0 spiro atoms. The Kier molecular flexibility index (Phi) is 3.88. The molecular formula is C25H27FN4. The van der Waals surface area contributed by atoms with Crippen LogP contribution >= 0.6 is 0 Å². The molecule has 3 heterocycles. The maximum absolute atomic E-state index is 14.8. The molecule has 5 heteroatoms. The fraction of sp³-hybridized carbons (Fsp3) is 0.400. The summed E-state index contributed by atoms with van der Waals surface area (Å²) in [5.74, 6) is 1.40. The first kappa shape index (κ1) is 18.1. The molecule has 4 aromatic rings. The Morgan fingerprint density at radius 2 is 1.93 bits per heavy atom. The normalized spacial score (nSPS) is 17.2. The van der Waals surface area contributed by atoms with Crippen molar-refractivity contribution in [1.29, 1.82) is 0 Å².